The van der Waals surface area contributed by atoms with Crippen molar-refractivity contribution in [3.8, 4) is 5.75 Å². The molecule has 0 saturated carbocycles. The number of nitrogens with one attached hydrogen (secondary N) is 1. The van der Waals surface area contributed by atoms with Crippen molar-refractivity contribution in [3.05, 3.63) is 29.3 Å². The minimum Gasteiger partial charge on any atom is -0.494 e. The van der Waals surface area contributed by atoms with Crippen LogP contribution < -0.4 is 10.1 Å². The number of hydrogen-bond donors (Lipinski definition) is 1. The summed E-state index contributed by atoms with van der Waals surface area (Å²) >= 11 is 0. The number of ether oxygens (including phenoxy) is 1. The van der Waals surface area contributed by atoms with E-state index in [1.807, 2.05) is 17.9 Å². The van der Waals surface area contributed by atoms with Gasteiger partial charge in [0.05, 0.1) is 6.61 Å². The molecule has 1 N–H and O–H groups in total. The van der Waals surface area contributed by atoms with Crippen molar-refractivity contribution < 1.29 is 9.53 Å². The minimum absolute atomic E-state index is 0.252. The molecule has 1 amide bonds. The minimum atomic E-state index is 0.252. The Bertz CT molecular complexity index is 466. The molecule has 0 atom stereocenters. The van der Waals surface area contributed by atoms with E-state index in [2.05, 4.69) is 24.4 Å². The van der Waals surface area contributed by atoms with Crippen molar-refractivity contribution in [1.29, 1.82) is 0 Å². The van der Waals surface area contributed by atoms with Crippen molar-refractivity contribution in [3.63, 3.8) is 0 Å². The van der Waals surface area contributed by atoms with E-state index in [1.165, 1.54) is 5.56 Å². The fourth-order valence-electron chi connectivity index (χ4n) is 2.69. The van der Waals surface area contributed by atoms with Crippen molar-refractivity contribution in [2.75, 3.05) is 32.8 Å². The first kappa shape index (κ1) is 15.8. The quantitative estimate of drug-likeness (QED) is 0.903. The summed E-state index contributed by atoms with van der Waals surface area (Å²) in [5.74, 6) is 1.16. The van der Waals surface area contributed by atoms with Crippen LogP contribution in [0.25, 0.3) is 0 Å². The summed E-state index contributed by atoms with van der Waals surface area (Å²) in [4.78, 5) is 14.3. The van der Waals surface area contributed by atoms with Gasteiger partial charge >= 0.3 is 0 Å². The summed E-state index contributed by atoms with van der Waals surface area (Å²) in [5.41, 5.74) is 2.35. The molecule has 0 aromatic heterocycles. The first-order valence-corrected chi connectivity index (χ1v) is 7.91. The van der Waals surface area contributed by atoms with E-state index in [-0.39, 0.29) is 5.91 Å². The zero-order valence-electron chi connectivity index (χ0n) is 13.2. The lowest BCUT2D eigenvalue weighted by Crippen LogP contribution is -2.34. The Kier molecular flexibility index (Phi) is 6.05. The molecule has 1 saturated heterocycles. The third kappa shape index (κ3) is 4.74. The molecule has 0 aliphatic carbocycles. The lowest BCUT2D eigenvalue weighted by atomic mass is 10.1. The van der Waals surface area contributed by atoms with Gasteiger partial charge in [-0.05, 0) is 44.9 Å². The van der Waals surface area contributed by atoms with Crippen LogP contribution in [0.5, 0.6) is 5.75 Å². The van der Waals surface area contributed by atoms with E-state index in [0.717, 1.165) is 50.3 Å². The van der Waals surface area contributed by atoms with Gasteiger partial charge in [-0.2, -0.15) is 0 Å². The lowest BCUT2D eigenvalue weighted by Gasteiger charge is -2.20. The highest BCUT2D eigenvalue weighted by Gasteiger charge is 2.15. The molecule has 21 heavy (non-hydrogen) atoms. The number of amides is 1. The van der Waals surface area contributed by atoms with E-state index in [0.29, 0.717) is 13.0 Å². The molecule has 0 radical (unpaired) electrons. The zero-order valence-corrected chi connectivity index (χ0v) is 13.2. The highest BCUT2D eigenvalue weighted by atomic mass is 16.5. The SMILES string of the molecule is CCOc1ccc(C)cc1CCC(=O)N1CCCNCC1. The first-order chi connectivity index (χ1) is 10.2. The summed E-state index contributed by atoms with van der Waals surface area (Å²) in [6.07, 6.45) is 2.35. The van der Waals surface area contributed by atoms with Crippen LogP contribution in [0.1, 0.15) is 30.9 Å². The van der Waals surface area contributed by atoms with Gasteiger partial charge in [0.2, 0.25) is 5.91 Å². The normalized spacial score (nSPS) is 15.6. The molecule has 0 unspecified atom stereocenters. The van der Waals surface area contributed by atoms with Crippen LogP contribution in [0.3, 0.4) is 0 Å². The van der Waals surface area contributed by atoms with Crippen LogP contribution in [0.15, 0.2) is 18.2 Å². The van der Waals surface area contributed by atoms with Crippen molar-refractivity contribution >= 4 is 5.91 Å². The molecule has 4 nitrogen and oxygen atoms in total. The monoisotopic (exact) mass is 290 g/mol. The summed E-state index contributed by atoms with van der Waals surface area (Å²) in [6, 6.07) is 6.19. The van der Waals surface area contributed by atoms with Crippen LogP contribution in [-0.2, 0) is 11.2 Å². The lowest BCUT2D eigenvalue weighted by molar-refractivity contribution is -0.130. The van der Waals surface area contributed by atoms with E-state index < -0.39 is 0 Å². The maximum atomic E-state index is 12.3. The predicted octanol–water partition coefficient (Wildman–Crippen LogP) is 2.15. The molecule has 1 aliphatic rings. The summed E-state index contributed by atoms with van der Waals surface area (Å²) < 4.78 is 5.65. The predicted molar refractivity (Wildman–Crippen MR) is 84.7 cm³/mol. The Balaban J connectivity index is 1.95. The second-order valence-corrected chi connectivity index (χ2v) is 5.53. The van der Waals surface area contributed by atoms with Gasteiger partial charge in [-0.15, -0.1) is 0 Å². The third-order valence-electron chi connectivity index (χ3n) is 3.82. The molecular formula is C17H26N2O2. The zero-order chi connectivity index (χ0) is 15.1. The van der Waals surface area contributed by atoms with Crippen molar-refractivity contribution in [1.82, 2.24) is 10.2 Å². The molecule has 1 aliphatic heterocycles. The third-order valence-corrected chi connectivity index (χ3v) is 3.82. The fourth-order valence-corrected chi connectivity index (χ4v) is 2.69. The number of hydrogen-bond acceptors (Lipinski definition) is 3. The molecule has 2 rings (SSSR count). The molecule has 0 bridgehead atoms. The van der Waals surface area contributed by atoms with Gasteiger partial charge in [0.25, 0.3) is 0 Å². The van der Waals surface area contributed by atoms with Gasteiger partial charge < -0.3 is 15.0 Å². The number of rotatable bonds is 5. The Morgan fingerprint density at radius 3 is 3.00 bits per heavy atom. The standard InChI is InChI=1S/C17H26N2O2/c1-3-21-16-7-5-14(2)13-15(16)6-8-17(20)19-11-4-9-18-10-12-19/h5,7,13,18H,3-4,6,8-12H2,1-2H3. The van der Waals surface area contributed by atoms with Crippen molar-refractivity contribution in [2.24, 2.45) is 0 Å². The van der Waals surface area contributed by atoms with Gasteiger partial charge in [0, 0.05) is 26.1 Å². The first-order valence-electron chi connectivity index (χ1n) is 7.91. The van der Waals surface area contributed by atoms with Crippen LogP contribution >= 0.6 is 0 Å². The van der Waals surface area contributed by atoms with Crippen LogP contribution in [-0.4, -0.2) is 43.6 Å². The number of carbonyl (C=O) groups is 1. The fraction of sp³-hybridized carbons (Fsp3) is 0.588. The Morgan fingerprint density at radius 1 is 1.33 bits per heavy atom. The summed E-state index contributed by atoms with van der Waals surface area (Å²) in [7, 11) is 0. The Labute approximate surface area is 127 Å². The van der Waals surface area contributed by atoms with E-state index in [1.54, 1.807) is 0 Å². The molecule has 1 aromatic carbocycles. The second-order valence-electron chi connectivity index (χ2n) is 5.53. The maximum Gasteiger partial charge on any atom is 0.222 e. The summed E-state index contributed by atoms with van der Waals surface area (Å²) in [5, 5.41) is 3.33. The van der Waals surface area contributed by atoms with Gasteiger partial charge in [-0.3, -0.25) is 4.79 Å². The van der Waals surface area contributed by atoms with Gasteiger partial charge in [-0.25, -0.2) is 0 Å². The van der Waals surface area contributed by atoms with Crippen LogP contribution in [0.2, 0.25) is 0 Å². The number of aryl methyl sites for hydroxylation is 2. The molecule has 1 aromatic rings. The van der Waals surface area contributed by atoms with E-state index >= 15 is 0 Å². The van der Waals surface area contributed by atoms with Crippen LogP contribution in [0.4, 0.5) is 0 Å². The molecule has 1 fully saturated rings. The van der Waals surface area contributed by atoms with E-state index in [9.17, 15) is 4.79 Å². The van der Waals surface area contributed by atoms with Gasteiger partial charge in [0.15, 0.2) is 0 Å². The highest BCUT2D eigenvalue weighted by Crippen LogP contribution is 2.22. The Morgan fingerprint density at radius 2 is 2.19 bits per heavy atom. The highest BCUT2D eigenvalue weighted by molar-refractivity contribution is 5.76. The average molecular weight is 290 g/mol. The topological polar surface area (TPSA) is 41.6 Å². The number of benzene rings is 1. The largest absolute Gasteiger partial charge is 0.494 e. The second kappa shape index (κ2) is 8.03. The maximum absolute atomic E-state index is 12.3. The molecule has 1 heterocycles. The molecule has 116 valence electrons. The molecule has 0 spiro atoms. The molecule has 4 heteroatoms. The van der Waals surface area contributed by atoms with Gasteiger partial charge in [-0.1, -0.05) is 17.7 Å². The summed E-state index contributed by atoms with van der Waals surface area (Å²) in [6.45, 7) is 8.32. The van der Waals surface area contributed by atoms with E-state index in [4.69, 9.17) is 4.74 Å². The average Bonchev–Trinajstić information content (AvgIpc) is 2.76. The molecular weight excluding hydrogens is 264 g/mol. The van der Waals surface area contributed by atoms with Crippen molar-refractivity contribution in [2.45, 2.75) is 33.1 Å². The Hall–Kier alpha value is -1.55. The van der Waals surface area contributed by atoms with Crippen LogP contribution in [0, 0.1) is 6.92 Å². The number of carbonyl (C=O) groups excluding carboxylic acids is 1. The number of nitrogens with zero attached hydrogens (tertiary/aromatic N) is 1. The smallest absolute Gasteiger partial charge is 0.222 e. The van der Waals surface area contributed by atoms with Gasteiger partial charge in [0.1, 0.15) is 5.75 Å².